The van der Waals surface area contributed by atoms with Gasteiger partial charge in [-0.25, -0.2) is 4.98 Å². The number of aryl methyl sites for hydroxylation is 1. The SMILES string of the molecule is Cc1ccc(-c2cn3c(=O)c(Cc4ccccc4)nc-3c(Cc3ccccc3)[nH]2)cc1. The highest BCUT2D eigenvalue weighted by atomic mass is 16.1. The maximum Gasteiger partial charge on any atom is 0.278 e. The number of nitrogens with one attached hydrogen (secondary N) is 1. The molecule has 0 saturated carbocycles. The molecule has 0 aliphatic carbocycles. The minimum Gasteiger partial charge on any atom is -0.354 e. The van der Waals surface area contributed by atoms with E-state index in [9.17, 15) is 4.79 Å². The van der Waals surface area contributed by atoms with Gasteiger partial charge in [-0.1, -0.05) is 90.5 Å². The van der Waals surface area contributed by atoms with E-state index >= 15 is 0 Å². The lowest BCUT2D eigenvalue weighted by molar-refractivity contribution is 0.914. The molecule has 0 fully saturated rings. The molecular formula is C27H23N3O. The largest absolute Gasteiger partial charge is 0.354 e. The summed E-state index contributed by atoms with van der Waals surface area (Å²) in [5.41, 5.74) is 6.83. The molecule has 2 aliphatic rings. The number of benzene rings is 3. The van der Waals surface area contributed by atoms with Crippen molar-refractivity contribution in [3.63, 3.8) is 0 Å². The smallest absolute Gasteiger partial charge is 0.278 e. The summed E-state index contributed by atoms with van der Waals surface area (Å²) in [7, 11) is 0. The van der Waals surface area contributed by atoms with Gasteiger partial charge < -0.3 is 4.98 Å². The molecule has 0 atom stereocenters. The molecule has 4 nitrogen and oxygen atoms in total. The predicted molar refractivity (Wildman–Crippen MR) is 124 cm³/mol. The van der Waals surface area contributed by atoms with Crippen LogP contribution in [0.1, 0.15) is 28.1 Å². The third-order valence-corrected chi connectivity index (χ3v) is 5.55. The van der Waals surface area contributed by atoms with Crippen LogP contribution in [0.25, 0.3) is 17.1 Å². The van der Waals surface area contributed by atoms with Crippen molar-refractivity contribution in [2.75, 3.05) is 0 Å². The summed E-state index contributed by atoms with van der Waals surface area (Å²) < 4.78 is 1.70. The average molecular weight is 406 g/mol. The molecule has 0 aromatic heterocycles. The first kappa shape index (κ1) is 19.1. The summed E-state index contributed by atoms with van der Waals surface area (Å²) in [4.78, 5) is 21.6. The minimum atomic E-state index is -0.0597. The molecular weight excluding hydrogens is 382 g/mol. The molecule has 5 rings (SSSR count). The van der Waals surface area contributed by atoms with Crippen molar-refractivity contribution >= 4 is 0 Å². The molecule has 152 valence electrons. The second kappa shape index (κ2) is 8.07. The summed E-state index contributed by atoms with van der Waals surface area (Å²) in [6, 6.07) is 28.6. The standard InChI is InChI=1S/C27H23N3O/c1-19-12-14-22(15-13-19)25-18-30-26(23(28-25)16-20-8-4-2-5-9-20)29-24(27(30)31)17-21-10-6-3-7-11-21/h2-15,18,28H,16-17H2,1H3. The second-order valence-electron chi connectivity index (χ2n) is 7.89. The first-order valence-electron chi connectivity index (χ1n) is 10.5. The van der Waals surface area contributed by atoms with Crippen LogP contribution >= 0.6 is 0 Å². The quantitative estimate of drug-likeness (QED) is 0.439. The highest BCUT2D eigenvalue weighted by molar-refractivity contribution is 5.60. The van der Waals surface area contributed by atoms with Crippen LogP contribution in [0.4, 0.5) is 0 Å². The summed E-state index contributed by atoms with van der Waals surface area (Å²) >= 11 is 0. The van der Waals surface area contributed by atoms with Crippen LogP contribution in [0, 0.1) is 6.92 Å². The van der Waals surface area contributed by atoms with E-state index in [1.54, 1.807) is 4.57 Å². The Kier molecular flexibility index (Phi) is 4.97. The zero-order valence-corrected chi connectivity index (χ0v) is 17.4. The monoisotopic (exact) mass is 405 g/mol. The topological polar surface area (TPSA) is 50.7 Å². The fourth-order valence-electron chi connectivity index (χ4n) is 3.88. The van der Waals surface area contributed by atoms with E-state index in [0.717, 1.165) is 22.5 Å². The first-order valence-corrected chi connectivity index (χ1v) is 10.5. The molecule has 3 aromatic rings. The third-order valence-electron chi connectivity index (χ3n) is 5.55. The van der Waals surface area contributed by atoms with Crippen molar-refractivity contribution < 1.29 is 0 Å². The van der Waals surface area contributed by atoms with Crippen molar-refractivity contribution in [1.29, 1.82) is 0 Å². The summed E-state index contributed by atoms with van der Waals surface area (Å²) in [6.45, 7) is 2.07. The van der Waals surface area contributed by atoms with Crippen LogP contribution in [0.2, 0.25) is 0 Å². The molecule has 0 saturated heterocycles. The molecule has 3 aromatic carbocycles. The van der Waals surface area contributed by atoms with E-state index in [1.165, 1.54) is 11.1 Å². The molecule has 31 heavy (non-hydrogen) atoms. The predicted octanol–water partition coefficient (Wildman–Crippen LogP) is 5.16. The van der Waals surface area contributed by atoms with Crippen molar-refractivity contribution in [3.05, 3.63) is 130 Å². The number of hydrogen-bond donors (Lipinski definition) is 1. The van der Waals surface area contributed by atoms with E-state index in [4.69, 9.17) is 4.98 Å². The van der Waals surface area contributed by atoms with Gasteiger partial charge in [0.2, 0.25) is 0 Å². The number of aromatic nitrogens is 3. The van der Waals surface area contributed by atoms with Gasteiger partial charge >= 0.3 is 0 Å². The second-order valence-corrected chi connectivity index (χ2v) is 7.89. The molecule has 4 heteroatoms. The molecule has 2 heterocycles. The summed E-state index contributed by atoms with van der Waals surface area (Å²) in [5.74, 6) is 0.690. The van der Waals surface area contributed by atoms with Gasteiger partial charge in [0.1, 0.15) is 5.69 Å². The molecule has 0 bridgehead atoms. The number of fused-ring (bicyclic) bond motifs is 1. The zero-order valence-electron chi connectivity index (χ0n) is 17.4. The highest BCUT2D eigenvalue weighted by Crippen LogP contribution is 2.24. The van der Waals surface area contributed by atoms with Crippen LogP contribution in [-0.2, 0) is 12.8 Å². The maximum atomic E-state index is 13.3. The van der Waals surface area contributed by atoms with Crippen molar-refractivity contribution in [2.24, 2.45) is 0 Å². The van der Waals surface area contributed by atoms with Gasteiger partial charge in [-0.15, -0.1) is 0 Å². The normalized spacial score (nSPS) is 11.1. The number of H-pyrrole nitrogens is 1. The number of hydrogen-bond acceptors (Lipinski definition) is 2. The van der Waals surface area contributed by atoms with Crippen LogP contribution in [0.5, 0.6) is 0 Å². The fraction of sp³-hybridized carbons (Fsp3) is 0.111. The maximum absolute atomic E-state index is 13.3. The molecule has 0 radical (unpaired) electrons. The molecule has 0 amide bonds. The van der Waals surface area contributed by atoms with Crippen LogP contribution in [-0.4, -0.2) is 14.5 Å². The summed E-state index contributed by atoms with van der Waals surface area (Å²) in [5, 5.41) is 0. The lowest BCUT2D eigenvalue weighted by Gasteiger charge is -2.13. The Hall–Kier alpha value is -3.92. The van der Waals surface area contributed by atoms with Gasteiger partial charge in [-0.2, -0.15) is 0 Å². The Morgan fingerprint density at radius 2 is 1.42 bits per heavy atom. The van der Waals surface area contributed by atoms with Gasteiger partial charge in [0.05, 0.1) is 11.4 Å². The molecule has 0 unspecified atom stereocenters. The Bertz CT molecular complexity index is 1330. The van der Waals surface area contributed by atoms with E-state index in [0.29, 0.717) is 24.4 Å². The minimum absolute atomic E-state index is 0.0597. The Morgan fingerprint density at radius 3 is 2.06 bits per heavy atom. The van der Waals surface area contributed by atoms with E-state index in [2.05, 4.69) is 48.3 Å². The van der Waals surface area contributed by atoms with Crippen LogP contribution in [0.15, 0.2) is 95.9 Å². The lowest BCUT2D eigenvalue weighted by Crippen LogP contribution is -2.17. The van der Waals surface area contributed by atoms with Gasteiger partial charge in [0.25, 0.3) is 5.56 Å². The lowest BCUT2D eigenvalue weighted by atomic mass is 10.1. The van der Waals surface area contributed by atoms with Crippen LogP contribution < -0.4 is 5.56 Å². The third kappa shape index (κ3) is 3.92. The molecule has 1 N–H and O–H groups in total. The van der Waals surface area contributed by atoms with Gasteiger partial charge in [0, 0.05) is 19.0 Å². The fourth-order valence-corrected chi connectivity index (χ4v) is 3.88. The van der Waals surface area contributed by atoms with Crippen molar-refractivity contribution in [2.45, 2.75) is 19.8 Å². The van der Waals surface area contributed by atoms with Crippen molar-refractivity contribution in [1.82, 2.24) is 14.5 Å². The van der Waals surface area contributed by atoms with Gasteiger partial charge in [-0.3, -0.25) is 9.36 Å². The highest BCUT2D eigenvalue weighted by Gasteiger charge is 2.20. The van der Waals surface area contributed by atoms with E-state index in [-0.39, 0.29) is 5.56 Å². The first-order chi connectivity index (χ1) is 15.2. The number of rotatable bonds is 5. The van der Waals surface area contributed by atoms with E-state index in [1.807, 2.05) is 54.7 Å². The number of aromatic amines is 1. The van der Waals surface area contributed by atoms with Gasteiger partial charge in [0.15, 0.2) is 5.82 Å². The van der Waals surface area contributed by atoms with Crippen molar-refractivity contribution in [3.8, 4) is 17.1 Å². The average Bonchev–Trinajstić information content (AvgIpc) is 3.11. The zero-order chi connectivity index (χ0) is 21.2. The Labute approximate surface area is 181 Å². The van der Waals surface area contributed by atoms with Crippen LogP contribution in [0.3, 0.4) is 0 Å². The number of nitrogens with zero attached hydrogens (tertiary/aromatic N) is 2. The Balaban J connectivity index is 1.65. The molecule has 0 spiro atoms. The summed E-state index contributed by atoms with van der Waals surface area (Å²) in [6.07, 6.45) is 3.07. The van der Waals surface area contributed by atoms with E-state index < -0.39 is 0 Å². The number of imidazole rings is 1. The molecule has 2 aliphatic heterocycles. The van der Waals surface area contributed by atoms with Gasteiger partial charge in [-0.05, 0) is 23.6 Å². The Morgan fingerprint density at radius 1 is 0.806 bits per heavy atom.